The van der Waals surface area contributed by atoms with Gasteiger partial charge in [-0.05, 0) is 24.2 Å². The van der Waals surface area contributed by atoms with Gasteiger partial charge >= 0.3 is 0 Å². The van der Waals surface area contributed by atoms with Crippen molar-refractivity contribution in [2.24, 2.45) is 17.8 Å². The van der Waals surface area contributed by atoms with Crippen LogP contribution in [-0.2, 0) is 10.0 Å². The van der Waals surface area contributed by atoms with E-state index < -0.39 is 10.0 Å². The summed E-state index contributed by atoms with van der Waals surface area (Å²) in [5, 5.41) is -0.104. The summed E-state index contributed by atoms with van der Waals surface area (Å²) in [6.45, 7) is 0.665. The van der Waals surface area contributed by atoms with Gasteiger partial charge in [-0.1, -0.05) is 12.2 Å². The highest BCUT2D eigenvalue weighted by atomic mass is 32.2. The Morgan fingerprint density at radius 1 is 1.25 bits per heavy atom. The third kappa shape index (κ3) is 0.677. The van der Waals surface area contributed by atoms with E-state index in [1.165, 1.54) is 0 Å². The second-order valence-corrected chi connectivity index (χ2v) is 5.89. The quantitative estimate of drug-likeness (QED) is 0.544. The third-order valence-electron chi connectivity index (χ3n) is 3.42. The van der Waals surface area contributed by atoms with Crippen LogP contribution < -0.4 is 4.72 Å². The molecule has 66 valence electrons. The van der Waals surface area contributed by atoms with E-state index in [1.807, 2.05) is 0 Å². The minimum absolute atomic E-state index is 0.104. The lowest BCUT2D eigenvalue weighted by Gasteiger charge is -2.16. The molecule has 3 rings (SSSR count). The Balaban J connectivity index is 2.11. The average Bonchev–Trinajstić information content (AvgIpc) is 2.61. The Kier molecular flexibility index (Phi) is 1.14. The van der Waals surface area contributed by atoms with Gasteiger partial charge in [0.05, 0.1) is 5.25 Å². The van der Waals surface area contributed by atoms with Crippen molar-refractivity contribution in [1.29, 1.82) is 0 Å². The lowest BCUT2D eigenvalue weighted by molar-refractivity contribution is 0.478. The number of nitrogens with one attached hydrogen (secondary N) is 1. The monoisotopic (exact) mass is 185 g/mol. The predicted octanol–water partition coefficient (Wildman–Crippen LogP) is 0.110. The fourth-order valence-electron chi connectivity index (χ4n) is 2.92. The number of rotatable bonds is 0. The maximum atomic E-state index is 11.5. The van der Waals surface area contributed by atoms with Crippen molar-refractivity contribution in [2.45, 2.75) is 11.7 Å². The normalized spacial score (nSPS) is 53.0. The van der Waals surface area contributed by atoms with Crippen LogP contribution in [0.5, 0.6) is 0 Å². The summed E-state index contributed by atoms with van der Waals surface area (Å²) in [5.41, 5.74) is 0. The first-order valence-corrected chi connectivity index (χ1v) is 5.90. The Labute approximate surface area is 71.9 Å². The van der Waals surface area contributed by atoms with Gasteiger partial charge in [0.15, 0.2) is 0 Å². The predicted molar refractivity (Wildman–Crippen MR) is 44.9 cm³/mol. The van der Waals surface area contributed by atoms with Crippen LogP contribution in [0, 0.1) is 17.8 Å². The molecule has 1 N–H and O–H groups in total. The molecule has 0 aromatic carbocycles. The maximum absolute atomic E-state index is 11.5. The van der Waals surface area contributed by atoms with Crippen molar-refractivity contribution in [3.8, 4) is 0 Å². The van der Waals surface area contributed by atoms with E-state index >= 15 is 0 Å². The number of allylic oxidation sites excluding steroid dienone is 2. The first-order chi connectivity index (χ1) is 5.68. The highest BCUT2D eigenvalue weighted by Gasteiger charge is 2.54. The van der Waals surface area contributed by atoms with Crippen molar-refractivity contribution < 1.29 is 8.42 Å². The number of sulfonamides is 1. The Bertz CT molecular complexity index is 346. The van der Waals surface area contributed by atoms with Crippen LogP contribution in [0.2, 0.25) is 0 Å². The number of hydrogen-bond donors (Lipinski definition) is 1. The van der Waals surface area contributed by atoms with Crippen LogP contribution in [0.3, 0.4) is 0 Å². The first-order valence-electron chi connectivity index (χ1n) is 4.35. The van der Waals surface area contributed by atoms with Crippen LogP contribution in [0.25, 0.3) is 0 Å². The molecule has 3 nitrogen and oxygen atoms in total. The fraction of sp³-hybridized carbons (Fsp3) is 0.750. The fourth-order valence-corrected chi connectivity index (χ4v) is 4.95. The Hall–Kier alpha value is -0.350. The van der Waals surface area contributed by atoms with E-state index in [0.717, 1.165) is 6.42 Å². The van der Waals surface area contributed by atoms with Crippen LogP contribution in [0.15, 0.2) is 12.2 Å². The molecule has 12 heavy (non-hydrogen) atoms. The maximum Gasteiger partial charge on any atom is 0.215 e. The van der Waals surface area contributed by atoms with Crippen molar-refractivity contribution >= 4 is 10.0 Å². The summed E-state index contributed by atoms with van der Waals surface area (Å²) in [4.78, 5) is 0. The van der Waals surface area contributed by atoms with Crippen molar-refractivity contribution in [1.82, 2.24) is 4.72 Å². The molecule has 1 aliphatic heterocycles. The number of hydrogen-bond acceptors (Lipinski definition) is 2. The van der Waals surface area contributed by atoms with E-state index in [9.17, 15) is 8.42 Å². The molecule has 0 aromatic heterocycles. The largest absolute Gasteiger partial charge is 0.215 e. The molecule has 1 saturated heterocycles. The third-order valence-corrected chi connectivity index (χ3v) is 5.41. The Morgan fingerprint density at radius 2 is 2.00 bits per heavy atom. The van der Waals surface area contributed by atoms with Crippen molar-refractivity contribution in [3.63, 3.8) is 0 Å². The van der Waals surface area contributed by atoms with Crippen molar-refractivity contribution in [3.05, 3.63) is 12.2 Å². The summed E-state index contributed by atoms with van der Waals surface area (Å²) in [6, 6.07) is 0. The summed E-state index contributed by atoms with van der Waals surface area (Å²) in [7, 11) is -2.96. The molecule has 1 heterocycles. The van der Waals surface area contributed by atoms with Crippen molar-refractivity contribution in [2.75, 3.05) is 6.54 Å². The summed E-state index contributed by atoms with van der Waals surface area (Å²) in [5.74, 6) is 1.20. The molecule has 2 aliphatic carbocycles. The molecule has 0 radical (unpaired) electrons. The molecule has 1 saturated carbocycles. The molecule has 3 aliphatic rings. The van der Waals surface area contributed by atoms with Gasteiger partial charge in [-0.15, -0.1) is 0 Å². The topological polar surface area (TPSA) is 46.2 Å². The zero-order chi connectivity index (χ0) is 8.34. The van der Waals surface area contributed by atoms with Crippen LogP contribution in [-0.4, -0.2) is 20.2 Å². The molecule has 0 amide bonds. The highest BCUT2D eigenvalue weighted by molar-refractivity contribution is 7.90. The average molecular weight is 185 g/mol. The van der Waals surface area contributed by atoms with Gasteiger partial charge in [0.25, 0.3) is 0 Å². The molecule has 2 fully saturated rings. The molecule has 0 unspecified atom stereocenters. The molecular formula is C8H11NO2S. The van der Waals surface area contributed by atoms with Crippen LogP contribution >= 0.6 is 0 Å². The molecule has 4 heteroatoms. The van der Waals surface area contributed by atoms with Gasteiger partial charge in [-0.3, -0.25) is 0 Å². The Morgan fingerprint density at radius 3 is 2.75 bits per heavy atom. The van der Waals surface area contributed by atoms with E-state index in [0.29, 0.717) is 24.3 Å². The summed E-state index contributed by atoms with van der Waals surface area (Å²) in [6.07, 6.45) is 5.33. The lowest BCUT2D eigenvalue weighted by atomic mass is 9.94. The van der Waals surface area contributed by atoms with Gasteiger partial charge in [0.1, 0.15) is 0 Å². The zero-order valence-electron chi connectivity index (χ0n) is 6.60. The van der Waals surface area contributed by atoms with Gasteiger partial charge in [0, 0.05) is 6.54 Å². The van der Waals surface area contributed by atoms with E-state index in [-0.39, 0.29) is 5.25 Å². The first kappa shape index (κ1) is 7.09. The molecular weight excluding hydrogens is 174 g/mol. The van der Waals surface area contributed by atoms with E-state index in [4.69, 9.17) is 0 Å². The molecule has 4 atom stereocenters. The standard InChI is InChI=1S/C8H11NO2S/c10-12(11)8-6-2-1-5(3-6)7(8)4-9-12/h1-2,5-9H,3-4H2/t5-,6+,7+,8-/m1/s1. The highest BCUT2D eigenvalue weighted by Crippen LogP contribution is 2.48. The minimum Gasteiger partial charge on any atom is -0.215 e. The van der Waals surface area contributed by atoms with E-state index in [1.54, 1.807) is 0 Å². The van der Waals surface area contributed by atoms with Crippen LogP contribution in [0.4, 0.5) is 0 Å². The van der Waals surface area contributed by atoms with Crippen LogP contribution in [0.1, 0.15) is 6.42 Å². The van der Waals surface area contributed by atoms with E-state index in [2.05, 4.69) is 16.9 Å². The zero-order valence-corrected chi connectivity index (χ0v) is 7.42. The second-order valence-electron chi connectivity index (χ2n) is 3.97. The minimum atomic E-state index is -2.96. The summed E-state index contributed by atoms with van der Waals surface area (Å²) >= 11 is 0. The van der Waals surface area contributed by atoms with Gasteiger partial charge in [-0.25, -0.2) is 13.1 Å². The molecule has 0 spiro atoms. The lowest BCUT2D eigenvalue weighted by Crippen LogP contribution is -2.28. The molecule has 0 aromatic rings. The van der Waals surface area contributed by atoms with Gasteiger partial charge < -0.3 is 0 Å². The number of fused-ring (bicyclic) bond motifs is 5. The van der Waals surface area contributed by atoms with Gasteiger partial charge in [0.2, 0.25) is 10.0 Å². The second kappa shape index (κ2) is 1.93. The van der Waals surface area contributed by atoms with Gasteiger partial charge in [-0.2, -0.15) is 0 Å². The SMILES string of the molecule is O=S1(=O)NC[C@@H]2[C@H]1[C@H]1C=C[C@@H]2C1. The smallest absolute Gasteiger partial charge is 0.215 e. The summed E-state index contributed by atoms with van der Waals surface area (Å²) < 4.78 is 25.6. The molecule has 2 bridgehead atoms.